The number of rotatable bonds is 37. The molecule has 4 N–H and O–H groups in total. The van der Waals surface area contributed by atoms with E-state index in [1.165, 1.54) is 24.6 Å². The highest BCUT2D eigenvalue weighted by atomic mass is 32.2. The van der Waals surface area contributed by atoms with Crippen LogP contribution in [0.3, 0.4) is 0 Å². The summed E-state index contributed by atoms with van der Waals surface area (Å²) in [5.74, 6) is -2.45. The molecule has 7 amide bonds. The zero-order chi connectivity index (χ0) is 103. The van der Waals surface area contributed by atoms with E-state index in [9.17, 15) is 65.7 Å². The van der Waals surface area contributed by atoms with Crippen molar-refractivity contribution in [1.29, 1.82) is 0 Å². The lowest BCUT2D eigenvalue weighted by Crippen LogP contribution is -2.46. The smallest absolute Gasteiger partial charge is 0.274 e. The van der Waals surface area contributed by atoms with Crippen LogP contribution in [0.15, 0.2) is 222 Å². The quantitative estimate of drug-likeness (QED) is 0.0281. The summed E-state index contributed by atoms with van der Waals surface area (Å²) in [6.07, 6.45) is 15.2. The predicted molar refractivity (Wildman–Crippen MR) is 555 cm³/mol. The molecule has 0 radical (unpaired) electrons. The molecule has 30 heteroatoms. The van der Waals surface area contributed by atoms with Crippen LogP contribution in [-0.4, -0.2) is 229 Å². The Morgan fingerprint density at radius 1 is 0.350 bits per heavy atom. The molecule has 6 heterocycles. The minimum Gasteiger partial charge on any atom is -0.394 e. The Bertz CT molecular complexity index is 6790. The van der Waals surface area contributed by atoms with Crippen LogP contribution in [0.2, 0.25) is 0 Å². The molecule has 3 aliphatic rings. The number of carbonyl (C=O) groups excluding carboxylic acids is 7. The van der Waals surface area contributed by atoms with Crippen LogP contribution in [0.25, 0.3) is 50.4 Å². The van der Waals surface area contributed by atoms with Gasteiger partial charge in [-0.25, -0.2) is 35.3 Å². The molecule has 9 aromatic carbocycles. The number of nitrogens with one attached hydrogen (secondary N) is 1. The molecule has 27 nitrogen and oxygen atoms in total. The van der Waals surface area contributed by atoms with Crippen molar-refractivity contribution >= 4 is 61.0 Å². The average molecular weight is 1980 g/mol. The first-order chi connectivity index (χ1) is 68.8. The van der Waals surface area contributed by atoms with Gasteiger partial charge in [0.1, 0.15) is 5.82 Å². The van der Waals surface area contributed by atoms with E-state index in [4.69, 9.17) is 15.3 Å². The molecule has 143 heavy (non-hydrogen) atoms. The minimum atomic E-state index is -3.45. The highest BCUT2D eigenvalue weighted by molar-refractivity contribution is 7.91. The van der Waals surface area contributed by atoms with Crippen LogP contribution < -0.4 is 5.32 Å². The molecule has 0 saturated heterocycles. The molecule has 3 aliphatic heterocycles. The van der Waals surface area contributed by atoms with Crippen LogP contribution in [-0.2, 0) is 58.6 Å². The molecule has 0 fully saturated rings. The zero-order valence-electron chi connectivity index (χ0n) is 84.1. The number of carbonyl (C=O) groups is 7. The SMILES string of the molecule is CCCCN(CCCC)C(=O)c1cc(C)n(-c2ccc(-c3ccc(C(=O)NCC)c(F)c3)cc2C(=O)N2Cc3ccccc3C[C@H]2CO)n1.CCCCN(CCCC)C(=O)c1cc(C)n(-c2ccc(-c3ccc(S(C)(=O)=O)cc3)cc2C(=O)N2Cc3ccccc3C[C@H]2CO)n1.CCCCN(CCCC)C(=O)c1cc(C)n(-c2ccc(-c3cccc(S(C)(=O)=O)c3)cc2C(=O)N2Cc3ccccc3C[C@H]2CO)n1. The lowest BCUT2D eigenvalue weighted by Gasteiger charge is -2.36. The van der Waals surface area contributed by atoms with Crippen molar-refractivity contribution in [3.63, 3.8) is 0 Å². The molecular weight excluding hydrogens is 1850 g/mol. The molecule has 0 saturated carbocycles. The van der Waals surface area contributed by atoms with Crippen molar-refractivity contribution < 1.29 is 70.1 Å². The summed E-state index contributed by atoms with van der Waals surface area (Å²) in [6.45, 7) is 24.6. The van der Waals surface area contributed by atoms with Crippen LogP contribution in [0, 0.1) is 26.6 Å². The summed E-state index contributed by atoms with van der Waals surface area (Å²) in [6, 6.07) is 61.4. The Morgan fingerprint density at radius 3 is 0.944 bits per heavy atom. The number of amides is 7. The summed E-state index contributed by atoms with van der Waals surface area (Å²) in [5, 5.41) is 48.0. The summed E-state index contributed by atoms with van der Waals surface area (Å²) < 4.78 is 68.9. The fourth-order valence-electron chi connectivity index (χ4n) is 18.6. The van der Waals surface area contributed by atoms with E-state index in [-0.39, 0.29) is 70.6 Å². The molecular formula is C113H134FN13O14S2. The van der Waals surface area contributed by atoms with Crippen molar-refractivity contribution in [2.24, 2.45) is 0 Å². The van der Waals surface area contributed by atoms with Crippen molar-refractivity contribution in [1.82, 2.24) is 64.1 Å². The van der Waals surface area contributed by atoms with Gasteiger partial charge >= 0.3 is 0 Å². The minimum absolute atomic E-state index is 0.0624. The van der Waals surface area contributed by atoms with Crippen molar-refractivity contribution in [3.05, 3.63) is 308 Å². The summed E-state index contributed by atoms with van der Waals surface area (Å²) >= 11 is 0. The fourth-order valence-corrected chi connectivity index (χ4v) is 19.9. The molecule has 15 rings (SSSR count). The van der Waals surface area contributed by atoms with Crippen LogP contribution in [0.4, 0.5) is 4.39 Å². The van der Waals surface area contributed by atoms with E-state index in [1.807, 2.05) is 133 Å². The number of aliphatic hydroxyl groups excluding tert-OH is 3. The van der Waals surface area contributed by atoms with Crippen LogP contribution >= 0.6 is 0 Å². The van der Waals surface area contributed by atoms with Gasteiger partial charge < -0.3 is 50.0 Å². The normalized spacial score (nSPS) is 14.4. The van der Waals surface area contributed by atoms with Gasteiger partial charge in [0.15, 0.2) is 36.8 Å². The van der Waals surface area contributed by atoms with Crippen molar-refractivity contribution in [2.75, 3.05) is 78.1 Å². The third-order valence-electron chi connectivity index (χ3n) is 26.8. The highest BCUT2D eigenvalue weighted by Gasteiger charge is 2.38. The molecule has 0 unspecified atom stereocenters. The molecule has 0 aliphatic carbocycles. The lowest BCUT2D eigenvalue weighted by molar-refractivity contribution is 0.0539. The second kappa shape index (κ2) is 49.1. The standard InChI is InChI=1S/C39H46FN5O4.2C37H44N4O5S/c1-5-8-18-43(19-9-6-2)39(49)35-20-26(4)45(42-35)36-17-15-28(29-14-16-32(34(40)23-29)37(47)41-7-3)22-33(36)38(48)44-24-30-13-11-10-12-27(30)21-31(44)25-46;1-5-7-18-39(19-8-6-2)37(44)34-20-26(3)41(38-34)35-17-16-29(28-14-11-15-32(22-28)47(4,45)46)23-33(35)36(43)40-24-30-13-10-9-12-27(30)21-31(40)25-42;1-5-7-19-39(20-8-6-2)37(44)34-21-26(3)41(38-34)35-18-15-29(27-13-16-32(17-14-27)47(4,45)46)23-33(35)36(43)40-24-30-12-10-9-11-28(30)22-31(40)25-42/h10-17,20,22-23,31,46H,5-9,18-19,21,24-25H2,1-4H3,(H,41,47);9-17,20,22-23,31,42H,5-8,18-19,21,24-25H2,1-4H3;9-18,21,23,31,42H,5-8,19-20,22,24-25H2,1-4H3/t3*31-/m000/s1. The van der Waals surface area contributed by atoms with Crippen molar-refractivity contribution in [3.8, 4) is 50.4 Å². The number of halogens is 1. The Labute approximate surface area is 839 Å². The number of benzene rings is 9. The number of hydrogen-bond acceptors (Lipinski definition) is 17. The van der Waals surface area contributed by atoms with E-state index in [2.05, 4.69) is 46.9 Å². The monoisotopic (exact) mass is 1980 g/mol. The highest BCUT2D eigenvalue weighted by Crippen LogP contribution is 2.38. The predicted octanol–water partition coefficient (Wildman–Crippen LogP) is 18.0. The van der Waals surface area contributed by atoms with E-state index < -0.39 is 49.5 Å². The summed E-state index contributed by atoms with van der Waals surface area (Å²) in [4.78, 5) is 108. The number of sulfone groups is 2. The number of aryl methyl sites for hydroxylation is 3. The first kappa shape index (κ1) is 107. The molecule has 0 spiro atoms. The van der Waals surface area contributed by atoms with Crippen LogP contribution in [0.1, 0.15) is 249 Å². The van der Waals surface area contributed by atoms with E-state index in [1.54, 1.807) is 139 Å². The van der Waals surface area contributed by atoms with Gasteiger partial charge in [-0.3, -0.25) is 33.6 Å². The van der Waals surface area contributed by atoms with Gasteiger partial charge in [-0.2, -0.15) is 15.3 Å². The summed E-state index contributed by atoms with van der Waals surface area (Å²) in [7, 11) is -6.82. The van der Waals surface area contributed by atoms with Crippen LogP contribution in [0.5, 0.6) is 0 Å². The Hall–Kier alpha value is -13.4. The average Bonchev–Trinajstić information content (AvgIpc) is 1.76. The van der Waals surface area contributed by atoms with E-state index >= 15 is 4.39 Å². The Kier molecular flexibility index (Phi) is 36.7. The first-order valence-corrected chi connectivity index (χ1v) is 53.7. The van der Waals surface area contributed by atoms with Gasteiger partial charge in [0, 0.05) is 95.0 Å². The number of nitrogens with zero attached hydrogens (tertiary/aromatic N) is 12. The maximum absolute atomic E-state index is 15.2. The zero-order valence-corrected chi connectivity index (χ0v) is 85.8. The van der Waals surface area contributed by atoms with Crippen molar-refractivity contribution in [2.45, 2.75) is 213 Å². The first-order valence-electron chi connectivity index (χ1n) is 50.0. The van der Waals surface area contributed by atoms with Gasteiger partial charge in [-0.05, 0) is 243 Å². The van der Waals surface area contributed by atoms with E-state index in [0.717, 1.165) is 122 Å². The number of fused-ring (bicyclic) bond motifs is 3. The molecule has 3 aromatic heterocycles. The van der Waals surface area contributed by atoms with Gasteiger partial charge in [-0.1, -0.05) is 201 Å². The second-order valence-corrected chi connectivity index (χ2v) is 41.4. The van der Waals surface area contributed by atoms with Gasteiger partial charge in [0.25, 0.3) is 41.4 Å². The topological polar surface area (TPSA) is 333 Å². The molecule has 12 aromatic rings. The number of aliphatic hydroxyl groups is 3. The van der Waals surface area contributed by atoms with Gasteiger partial charge in [0.05, 0.1) is 87.1 Å². The molecule has 3 atom stereocenters. The molecule has 754 valence electrons. The third-order valence-corrected chi connectivity index (χ3v) is 29.1. The Morgan fingerprint density at radius 2 is 0.643 bits per heavy atom. The maximum atomic E-state index is 15.2. The second-order valence-electron chi connectivity index (χ2n) is 37.3. The maximum Gasteiger partial charge on any atom is 0.274 e. The number of unbranched alkanes of at least 4 members (excludes halogenated alkanes) is 6. The Balaban J connectivity index is 0.000000180. The number of hydrogen-bond donors (Lipinski definition) is 4. The fraction of sp³-hybridized carbons (Fsp3) is 0.381. The largest absolute Gasteiger partial charge is 0.394 e. The lowest BCUT2D eigenvalue weighted by atomic mass is 9.93. The van der Waals surface area contributed by atoms with E-state index in [0.29, 0.717) is 175 Å². The van der Waals surface area contributed by atoms with Gasteiger partial charge in [-0.15, -0.1) is 0 Å². The molecule has 0 bridgehead atoms. The summed E-state index contributed by atoms with van der Waals surface area (Å²) in [5.41, 5.74) is 15.6. The van der Waals surface area contributed by atoms with Gasteiger partial charge in [0.2, 0.25) is 0 Å². The third kappa shape index (κ3) is 25.5. The number of aromatic nitrogens is 6.